The summed E-state index contributed by atoms with van der Waals surface area (Å²) in [4.78, 5) is 11.7. The van der Waals surface area contributed by atoms with Gasteiger partial charge in [-0.05, 0) is 42.6 Å². The Morgan fingerprint density at radius 1 is 1.08 bits per heavy atom. The van der Waals surface area contributed by atoms with E-state index in [4.69, 9.17) is 9.15 Å². The van der Waals surface area contributed by atoms with Gasteiger partial charge in [-0.15, -0.1) is 0 Å². The number of nitrogens with one attached hydrogen (secondary N) is 1. The molecule has 0 spiro atoms. The molecule has 1 heterocycles. The van der Waals surface area contributed by atoms with Crippen molar-refractivity contribution in [1.29, 1.82) is 0 Å². The topological polar surface area (TPSA) is 51.5 Å². The van der Waals surface area contributed by atoms with E-state index in [1.807, 2.05) is 18.2 Å². The Hall–Kier alpha value is -2.59. The highest BCUT2D eigenvalue weighted by Gasteiger charge is 2.06. The van der Waals surface area contributed by atoms with Gasteiger partial charge in [-0.3, -0.25) is 0 Å². The second-order valence-electron chi connectivity index (χ2n) is 5.72. The third kappa shape index (κ3) is 4.03. The lowest BCUT2D eigenvalue weighted by Gasteiger charge is -2.08. The average Bonchev–Trinajstić information content (AvgIpc) is 2.61. The summed E-state index contributed by atoms with van der Waals surface area (Å²) in [6.07, 6.45) is 2.10. The van der Waals surface area contributed by atoms with Gasteiger partial charge < -0.3 is 14.5 Å². The van der Waals surface area contributed by atoms with Gasteiger partial charge in [-0.1, -0.05) is 30.3 Å². The standard InChI is InChI=1S/C20H21NO3/c1-23-17-9-10-18-16(12-20(22)24-19(18)13-17)14-21-11-5-8-15-6-3-2-4-7-15/h2-4,6-7,9-10,12-13,21H,5,8,11,14H2,1H3. The number of hydrogen-bond donors (Lipinski definition) is 1. The third-order valence-electron chi connectivity index (χ3n) is 4.01. The highest BCUT2D eigenvalue weighted by molar-refractivity contribution is 5.81. The number of rotatable bonds is 7. The first kappa shape index (κ1) is 16.3. The molecule has 0 unspecified atom stereocenters. The summed E-state index contributed by atoms with van der Waals surface area (Å²) in [7, 11) is 1.59. The molecule has 1 N–H and O–H groups in total. The molecule has 0 aliphatic heterocycles. The first-order chi connectivity index (χ1) is 11.8. The van der Waals surface area contributed by atoms with Crippen LogP contribution in [0.3, 0.4) is 0 Å². The van der Waals surface area contributed by atoms with Gasteiger partial charge in [0, 0.05) is 24.1 Å². The summed E-state index contributed by atoms with van der Waals surface area (Å²) in [5, 5.41) is 4.34. The van der Waals surface area contributed by atoms with Crippen LogP contribution in [0.1, 0.15) is 17.5 Å². The van der Waals surface area contributed by atoms with Gasteiger partial charge in [0.05, 0.1) is 7.11 Å². The lowest BCUT2D eigenvalue weighted by atomic mass is 10.1. The zero-order valence-electron chi connectivity index (χ0n) is 13.7. The van der Waals surface area contributed by atoms with Gasteiger partial charge in [0.1, 0.15) is 11.3 Å². The van der Waals surface area contributed by atoms with Crippen LogP contribution in [0.15, 0.2) is 63.8 Å². The maximum Gasteiger partial charge on any atom is 0.336 e. The molecule has 1 aromatic heterocycles. The first-order valence-electron chi connectivity index (χ1n) is 8.12. The number of aryl methyl sites for hydroxylation is 1. The third-order valence-corrected chi connectivity index (χ3v) is 4.01. The summed E-state index contributed by atoms with van der Waals surface area (Å²) in [5.74, 6) is 0.679. The summed E-state index contributed by atoms with van der Waals surface area (Å²) in [6, 6.07) is 17.5. The molecule has 0 amide bonds. The minimum Gasteiger partial charge on any atom is -0.497 e. The molecule has 4 heteroatoms. The molecule has 0 aliphatic rings. The number of hydrogen-bond acceptors (Lipinski definition) is 4. The molecule has 2 aromatic carbocycles. The largest absolute Gasteiger partial charge is 0.497 e. The van der Waals surface area contributed by atoms with Crippen molar-refractivity contribution >= 4 is 11.0 Å². The van der Waals surface area contributed by atoms with Gasteiger partial charge in [0.15, 0.2) is 0 Å². The van der Waals surface area contributed by atoms with E-state index >= 15 is 0 Å². The predicted octanol–water partition coefficient (Wildman–Crippen LogP) is 3.52. The van der Waals surface area contributed by atoms with Crippen molar-refractivity contribution < 1.29 is 9.15 Å². The van der Waals surface area contributed by atoms with Gasteiger partial charge in [-0.2, -0.15) is 0 Å². The fourth-order valence-corrected chi connectivity index (χ4v) is 2.77. The van der Waals surface area contributed by atoms with Crippen molar-refractivity contribution in [3.63, 3.8) is 0 Å². The highest BCUT2D eigenvalue weighted by atomic mass is 16.5. The minimum absolute atomic E-state index is 0.336. The number of ether oxygens (including phenoxy) is 1. The van der Waals surface area contributed by atoms with E-state index in [2.05, 4.69) is 29.6 Å². The summed E-state index contributed by atoms with van der Waals surface area (Å²) >= 11 is 0. The molecule has 24 heavy (non-hydrogen) atoms. The van der Waals surface area contributed by atoms with Crippen LogP contribution in [0.25, 0.3) is 11.0 Å². The van der Waals surface area contributed by atoms with Crippen molar-refractivity contribution in [2.75, 3.05) is 13.7 Å². The van der Waals surface area contributed by atoms with Crippen LogP contribution < -0.4 is 15.7 Å². The molecule has 0 saturated carbocycles. The molecule has 4 nitrogen and oxygen atoms in total. The molecule has 0 saturated heterocycles. The van der Waals surface area contributed by atoms with Crippen LogP contribution in [0.4, 0.5) is 0 Å². The number of fused-ring (bicyclic) bond motifs is 1. The second kappa shape index (κ2) is 7.79. The Bertz CT molecular complexity index is 856. The van der Waals surface area contributed by atoms with Crippen molar-refractivity contribution in [2.24, 2.45) is 0 Å². The zero-order valence-corrected chi connectivity index (χ0v) is 13.7. The smallest absolute Gasteiger partial charge is 0.336 e. The number of benzene rings is 2. The van der Waals surface area contributed by atoms with Crippen molar-refractivity contribution in [3.05, 3.63) is 76.1 Å². The van der Waals surface area contributed by atoms with E-state index < -0.39 is 0 Å². The molecule has 3 aromatic rings. The van der Waals surface area contributed by atoms with Gasteiger partial charge in [0.2, 0.25) is 0 Å². The van der Waals surface area contributed by atoms with Crippen LogP contribution in [0.2, 0.25) is 0 Å². The minimum atomic E-state index is -0.336. The van der Waals surface area contributed by atoms with Crippen molar-refractivity contribution in [3.8, 4) is 5.75 Å². The van der Waals surface area contributed by atoms with E-state index in [9.17, 15) is 4.79 Å². The Morgan fingerprint density at radius 3 is 2.71 bits per heavy atom. The molecule has 3 rings (SSSR count). The van der Waals surface area contributed by atoms with E-state index in [1.165, 1.54) is 5.56 Å². The fourth-order valence-electron chi connectivity index (χ4n) is 2.77. The SMILES string of the molecule is COc1ccc2c(CNCCCc3ccccc3)cc(=O)oc2c1. The lowest BCUT2D eigenvalue weighted by Crippen LogP contribution is -2.16. The normalized spacial score (nSPS) is 10.9. The lowest BCUT2D eigenvalue weighted by molar-refractivity contribution is 0.414. The van der Waals surface area contributed by atoms with Crippen LogP contribution in [0.5, 0.6) is 5.75 Å². The van der Waals surface area contributed by atoms with E-state index in [0.29, 0.717) is 17.9 Å². The molecule has 0 bridgehead atoms. The first-order valence-corrected chi connectivity index (χ1v) is 8.12. The van der Waals surface area contributed by atoms with E-state index in [1.54, 1.807) is 19.2 Å². The number of methoxy groups -OCH3 is 1. The fraction of sp³-hybridized carbons (Fsp3) is 0.250. The van der Waals surface area contributed by atoms with Crippen molar-refractivity contribution in [1.82, 2.24) is 5.32 Å². The van der Waals surface area contributed by atoms with Crippen LogP contribution in [-0.4, -0.2) is 13.7 Å². The molecular formula is C20H21NO3. The monoisotopic (exact) mass is 323 g/mol. The predicted molar refractivity (Wildman–Crippen MR) is 95.5 cm³/mol. The molecule has 0 fully saturated rings. The maximum absolute atomic E-state index is 11.7. The average molecular weight is 323 g/mol. The van der Waals surface area contributed by atoms with Crippen LogP contribution >= 0.6 is 0 Å². The quantitative estimate of drug-likeness (QED) is 0.534. The van der Waals surface area contributed by atoms with Crippen molar-refractivity contribution in [2.45, 2.75) is 19.4 Å². The molecule has 0 aliphatic carbocycles. The van der Waals surface area contributed by atoms with Gasteiger partial charge in [-0.25, -0.2) is 4.79 Å². The second-order valence-corrected chi connectivity index (χ2v) is 5.72. The summed E-state index contributed by atoms with van der Waals surface area (Å²) in [5.41, 5.74) is 2.51. The van der Waals surface area contributed by atoms with E-state index in [0.717, 1.165) is 30.3 Å². The Labute approximate surface area is 141 Å². The van der Waals surface area contributed by atoms with E-state index in [-0.39, 0.29) is 5.63 Å². The zero-order chi connectivity index (χ0) is 16.8. The molecular weight excluding hydrogens is 302 g/mol. The van der Waals surface area contributed by atoms with Crippen LogP contribution in [-0.2, 0) is 13.0 Å². The van der Waals surface area contributed by atoms with Crippen LogP contribution in [0, 0.1) is 0 Å². The highest BCUT2D eigenvalue weighted by Crippen LogP contribution is 2.22. The molecule has 0 radical (unpaired) electrons. The van der Waals surface area contributed by atoms with Gasteiger partial charge in [0.25, 0.3) is 0 Å². The Kier molecular flexibility index (Phi) is 5.29. The summed E-state index contributed by atoms with van der Waals surface area (Å²) in [6.45, 7) is 1.54. The molecule has 0 atom stereocenters. The summed E-state index contributed by atoms with van der Waals surface area (Å²) < 4.78 is 10.4. The molecule has 124 valence electrons. The maximum atomic E-state index is 11.7. The Morgan fingerprint density at radius 2 is 1.92 bits per heavy atom. The Balaban J connectivity index is 1.61. The van der Waals surface area contributed by atoms with Gasteiger partial charge >= 0.3 is 5.63 Å².